The molecule has 0 aliphatic carbocycles. The molecule has 0 fully saturated rings. The highest BCUT2D eigenvalue weighted by Gasteiger charge is 2.24. The van der Waals surface area contributed by atoms with Gasteiger partial charge in [-0.2, -0.15) is 0 Å². The van der Waals surface area contributed by atoms with Gasteiger partial charge in [0, 0.05) is 0 Å². The number of rotatable bonds is 7. The highest BCUT2D eigenvalue weighted by atomic mass is 127. The molecule has 0 saturated heterocycles. The van der Waals surface area contributed by atoms with Gasteiger partial charge < -0.3 is 15.7 Å². The molecule has 120 valence electrons. The highest BCUT2D eigenvalue weighted by Crippen LogP contribution is 2.38. The van der Waals surface area contributed by atoms with Gasteiger partial charge in [0.05, 0.1) is 40.7 Å². The van der Waals surface area contributed by atoms with Gasteiger partial charge in [0.25, 0.3) is 0 Å². The number of carboxylic acid groups (broad SMARTS) is 1. The van der Waals surface area contributed by atoms with Crippen LogP contribution in [0.15, 0.2) is 0 Å². The smallest absolute Gasteiger partial charge is 0.338 e. The standard InChI is InChI=1S/C13H13I3N2O4/c1-5(19)3-17-11-8(14)7(13(21)22)9(15)12(10(11)16)18-4-6(2)20/h17-18H,3-4H2,1-2H3,(H,21,22). The summed E-state index contributed by atoms with van der Waals surface area (Å²) in [4.78, 5) is 33.9. The second-order valence-electron chi connectivity index (χ2n) is 4.48. The van der Waals surface area contributed by atoms with E-state index in [1.807, 2.05) is 45.2 Å². The Morgan fingerprint density at radius 3 is 1.50 bits per heavy atom. The summed E-state index contributed by atoms with van der Waals surface area (Å²) in [6, 6.07) is 0. The predicted octanol–water partition coefficient (Wildman–Crippen LogP) is 3.20. The summed E-state index contributed by atoms with van der Waals surface area (Å²) in [5.41, 5.74) is 1.32. The second-order valence-corrected chi connectivity index (χ2v) is 7.72. The number of hydrogen-bond acceptors (Lipinski definition) is 5. The zero-order valence-electron chi connectivity index (χ0n) is 11.7. The lowest BCUT2D eigenvalue weighted by Gasteiger charge is -2.19. The number of halogens is 3. The molecule has 0 aromatic heterocycles. The third-order valence-electron chi connectivity index (χ3n) is 2.56. The lowest BCUT2D eigenvalue weighted by molar-refractivity contribution is -0.116. The minimum atomic E-state index is -1.05. The van der Waals surface area contributed by atoms with Gasteiger partial charge >= 0.3 is 5.97 Å². The molecule has 0 atom stereocenters. The number of anilines is 2. The van der Waals surface area contributed by atoms with Crippen molar-refractivity contribution in [2.45, 2.75) is 13.8 Å². The first kappa shape index (κ1) is 19.9. The van der Waals surface area contributed by atoms with Crippen molar-refractivity contribution in [1.29, 1.82) is 0 Å². The van der Waals surface area contributed by atoms with Crippen LogP contribution in [0.1, 0.15) is 24.2 Å². The van der Waals surface area contributed by atoms with E-state index in [0.29, 0.717) is 18.5 Å². The number of benzene rings is 1. The van der Waals surface area contributed by atoms with Gasteiger partial charge in [-0.05, 0) is 81.6 Å². The monoisotopic (exact) mass is 642 g/mol. The van der Waals surface area contributed by atoms with Crippen LogP contribution in [-0.4, -0.2) is 35.7 Å². The Balaban J connectivity index is 3.45. The van der Waals surface area contributed by atoms with Gasteiger partial charge in [-0.1, -0.05) is 0 Å². The molecule has 0 saturated carbocycles. The predicted molar refractivity (Wildman–Crippen MR) is 110 cm³/mol. The maximum atomic E-state index is 11.5. The highest BCUT2D eigenvalue weighted by molar-refractivity contribution is 14.1. The summed E-state index contributed by atoms with van der Waals surface area (Å²) in [5.74, 6) is -1.16. The molecular weight excluding hydrogens is 629 g/mol. The van der Waals surface area contributed by atoms with Crippen LogP contribution in [0, 0.1) is 10.7 Å². The van der Waals surface area contributed by atoms with Crippen molar-refractivity contribution in [2.75, 3.05) is 23.7 Å². The fourth-order valence-electron chi connectivity index (χ4n) is 1.59. The van der Waals surface area contributed by atoms with Gasteiger partial charge in [-0.15, -0.1) is 0 Å². The number of carbonyl (C=O) groups is 3. The van der Waals surface area contributed by atoms with Gasteiger partial charge in [0.1, 0.15) is 11.6 Å². The van der Waals surface area contributed by atoms with Crippen LogP contribution in [0.4, 0.5) is 11.4 Å². The second kappa shape index (κ2) is 8.61. The van der Waals surface area contributed by atoms with Crippen molar-refractivity contribution in [2.24, 2.45) is 0 Å². The Bertz CT molecular complexity index is 602. The van der Waals surface area contributed by atoms with Crippen molar-refractivity contribution in [1.82, 2.24) is 0 Å². The largest absolute Gasteiger partial charge is 0.478 e. The van der Waals surface area contributed by atoms with Crippen molar-refractivity contribution in [3.63, 3.8) is 0 Å². The molecule has 0 amide bonds. The third kappa shape index (κ3) is 4.91. The average Bonchev–Trinajstić information content (AvgIpc) is 2.36. The maximum Gasteiger partial charge on any atom is 0.338 e. The lowest BCUT2D eigenvalue weighted by Crippen LogP contribution is -2.18. The van der Waals surface area contributed by atoms with E-state index in [1.165, 1.54) is 13.8 Å². The molecule has 0 bridgehead atoms. The van der Waals surface area contributed by atoms with E-state index in [0.717, 1.165) is 3.57 Å². The normalized spacial score (nSPS) is 10.2. The summed E-state index contributed by atoms with van der Waals surface area (Å²) in [6.45, 7) is 3.12. The SMILES string of the molecule is CC(=O)CNc1c(I)c(NCC(C)=O)c(I)c(C(=O)O)c1I. The molecular formula is C13H13I3N2O4. The number of Topliss-reactive ketones (excluding diaryl/α,β-unsaturated/α-hetero) is 2. The molecule has 0 unspecified atom stereocenters. The topological polar surface area (TPSA) is 95.5 Å². The first-order valence-electron chi connectivity index (χ1n) is 6.07. The van der Waals surface area contributed by atoms with Crippen molar-refractivity contribution in [3.05, 3.63) is 16.3 Å². The molecule has 0 aliphatic heterocycles. The minimum absolute atomic E-state index is 0.0553. The Labute approximate surface area is 168 Å². The van der Waals surface area contributed by atoms with Crippen LogP contribution in [0.5, 0.6) is 0 Å². The molecule has 0 spiro atoms. The molecule has 3 N–H and O–H groups in total. The van der Waals surface area contributed by atoms with Crippen molar-refractivity contribution < 1.29 is 19.5 Å². The van der Waals surface area contributed by atoms with Crippen molar-refractivity contribution in [3.8, 4) is 0 Å². The van der Waals surface area contributed by atoms with Gasteiger partial charge in [0.2, 0.25) is 0 Å². The molecule has 9 heteroatoms. The van der Waals surface area contributed by atoms with Crippen LogP contribution in [0.3, 0.4) is 0 Å². The summed E-state index contributed by atoms with van der Waals surface area (Å²) >= 11 is 5.98. The van der Waals surface area contributed by atoms with Crippen LogP contribution in [0.2, 0.25) is 0 Å². The number of carbonyl (C=O) groups excluding carboxylic acids is 2. The first-order valence-corrected chi connectivity index (χ1v) is 9.30. The summed E-state index contributed by atoms with van der Waals surface area (Å²) < 4.78 is 1.82. The van der Waals surface area contributed by atoms with Gasteiger partial charge in [-0.3, -0.25) is 9.59 Å². The van der Waals surface area contributed by atoms with Crippen LogP contribution >= 0.6 is 67.8 Å². The van der Waals surface area contributed by atoms with E-state index in [4.69, 9.17) is 0 Å². The van der Waals surface area contributed by atoms with E-state index >= 15 is 0 Å². The van der Waals surface area contributed by atoms with Gasteiger partial charge in [0.15, 0.2) is 0 Å². The Hall–Kier alpha value is -0.180. The van der Waals surface area contributed by atoms with Crippen molar-refractivity contribution >= 4 is 96.7 Å². The fourth-order valence-corrected chi connectivity index (χ4v) is 5.98. The third-order valence-corrected chi connectivity index (χ3v) is 5.80. The molecule has 0 radical (unpaired) electrons. The summed E-state index contributed by atoms with van der Waals surface area (Å²) in [5, 5.41) is 15.4. The zero-order chi connectivity index (χ0) is 17.0. The number of aromatic carboxylic acids is 1. The van der Waals surface area contributed by atoms with E-state index in [9.17, 15) is 19.5 Å². The molecule has 1 rings (SSSR count). The van der Waals surface area contributed by atoms with Crippen LogP contribution in [-0.2, 0) is 9.59 Å². The van der Waals surface area contributed by atoms with Gasteiger partial charge in [-0.25, -0.2) is 4.79 Å². The molecule has 0 aliphatic rings. The quantitative estimate of drug-likeness (QED) is 0.396. The molecule has 1 aromatic rings. The van der Waals surface area contributed by atoms with E-state index in [-0.39, 0.29) is 30.2 Å². The van der Waals surface area contributed by atoms with Crippen LogP contribution in [0.25, 0.3) is 0 Å². The Kier molecular flexibility index (Phi) is 7.78. The Morgan fingerprint density at radius 1 is 0.864 bits per heavy atom. The number of carboxylic acids is 1. The average molecular weight is 642 g/mol. The van der Waals surface area contributed by atoms with E-state index < -0.39 is 5.97 Å². The molecule has 0 heterocycles. The number of nitrogens with one attached hydrogen (secondary N) is 2. The number of hydrogen-bond donors (Lipinski definition) is 3. The van der Waals surface area contributed by atoms with Crippen LogP contribution < -0.4 is 10.6 Å². The minimum Gasteiger partial charge on any atom is -0.478 e. The zero-order valence-corrected chi connectivity index (χ0v) is 18.2. The summed E-state index contributed by atoms with van der Waals surface area (Å²) in [7, 11) is 0. The van der Waals surface area contributed by atoms with E-state index in [2.05, 4.69) is 33.2 Å². The first-order chi connectivity index (χ1) is 10.2. The molecule has 1 aromatic carbocycles. The Morgan fingerprint density at radius 2 is 1.23 bits per heavy atom. The maximum absolute atomic E-state index is 11.5. The number of ketones is 2. The summed E-state index contributed by atoms with van der Waals surface area (Å²) in [6.07, 6.45) is 0. The molecule has 22 heavy (non-hydrogen) atoms. The molecule has 6 nitrogen and oxygen atoms in total. The fraction of sp³-hybridized carbons (Fsp3) is 0.308. The van der Waals surface area contributed by atoms with E-state index in [1.54, 1.807) is 0 Å². The lowest BCUT2D eigenvalue weighted by atomic mass is 10.1.